The summed E-state index contributed by atoms with van der Waals surface area (Å²) in [5.41, 5.74) is 4.81. The van der Waals surface area contributed by atoms with E-state index >= 15 is 0 Å². The Kier molecular flexibility index (Phi) is 7.43. The molecule has 2 atom stereocenters. The second-order valence-electron chi connectivity index (χ2n) is 8.69. The maximum Gasteiger partial charge on any atom is 0.308 e. The first kappa shape index (κ1) is 25.8. The van der Waals surface area contributed by atoms with Gasteiger partial charge in [0, 0.05) is 37.8 Å². The first-order chi connectivity index (χ1) is 15.7. The number of benzene rings is 2. The first-order valence-corrected chi connectivity index (χ1v) is 10.8. The number of nitriles is 1. The maximum absolute atomic E-state index is 11.8. The largest absolute Gasteiger partial charge is 1.00 e. The van der Waals surface area contributed by atoms with Gasteiger partial charge in [0.25, 0.3) is 0 Å². The zero-order valence-electron chi connectivity index (χ0n) is 19.9. The molecule has 34 heavy (non-hydrogen) atoms. The van der Waals surface area contributed by atoms with Crippen LogP contribution >= 0.6 is 0 Å². The van der Waals surface area contributed by atoms with E-state index < -0.39 is 11.9 Å². The molecule has 0 amide bonds. The van der Waals surface area contributed by atoms with Gasteiger partial charge < -0.3 is 47.4 Å². The summed E-state index contributed by atoms with van der Waals surface area (Å²) < 4.78 is 22.8. The smallest absolute Gasteiger partial charge is 0.308 e. The van der Waals surface area contributed by atoms with E-state index in [2.05, 4.69) is 13.1 Å². The van der Waals surface area contributed by atoms with E-state index in [4.69, 9.17) is 18.9 Å². The molecule has 1 heterocycles. The fourth-order valence-corrected chi connectivity index (χ4v) is 5.12. The average molecular weight is 578 g/mol. The number of esters is 2. The highest BCUT2D eigenvalue weighted by molar-refractivity contribution is 5.86. The van der Waals surface area contributed by atoms with Gasteiger partial charge in [-0.2, -0.15) is 5.26 Å². The van der Waals surface area contributed by atoms with E-state index in [0.29, 0.717) is 40.4 Å². The van der Waals surface area contributed by atoms with Crippen LogP contribution in [0.4, 0.5) is 0 Å². The van der Waals surface area contributed by atoms with Crippen LogP contribution in [-0.4, -0.2) is 50.8 Å². The quantitative estimate of drug-likeness (QED) is 0.166. The van der Waals surface area contributed by atoms with E-state index in [1.54, 1.807) is 7.11 Å². The summed E-state index contributed by atoms with van der Waals surface area (Å²) in [5, 5.41) is 9.56. The van der Waals surface area contributed by atoms with Gasteiger partial charge in [-0.25, -0.2) is 0 Å². The average Bonchev–Trinajstić information content (AvgIpc) is 2.75. The molecule has 1 aliphatic heterocycles. The summed E-state index contributed by atoms with van der Waals surface area (Å²) in [6, 6.07) is 7.88. The van der Waals surface area contributed by atoms with Crippen molar-refractivity contribution in [2.75, 3.05) is 34.4 Å². The molecule has 2 aromatic carbocycles. The molecular weight excluding hydrogens is 551 g/mol. The van der Waals surface area contributed by atoms with Gasteiger partial charge in [-0.15, -0.1) is 0 Å². The molecule has 4 rings (SSSR count). The molecule has 0 aromatic heterocycles. The number of halogens is 1. The number of likely N-dealkylation sites (N-methyl/N-ethyl adjacent to an activating group) is 1. The molecule has 1 aliphatic carbocycles. The lowest BCUT2D eigenvalue weighted by molar-refractivity contribution is -0.935. The van der Waals surface area contributed by atoms with Crippen LogP contribution in [0.3, 0.4) is 0 Å². The van der Waals surface area contributed by atoms with Crippen LogP contribution in [0.15, 0.2) is 18.2 Å². The lowest BCUT2D eigenvalue weighted by Crippen LogP contribution is -3.00. The summed E-state index contributed by atoms with van der Waals surface area (Å²) in [6.07, 6.45) is 1.40. The molecule has 8 nitrogen and oxygen atoms in total. The van der Waals surface area contributed by atoms with Gasteiger partial charge in [-0.1, -0.05) is 0 Å². The molecule has 0 saturated carbocycles. The predicted octanol–water partition coefficient (Wildman–Crippen LogP) is 0.349. The summed E-state index contributed by atoms with van der Waals surface area (Å²) in [5.74, 6) is 0.710. The number of nitrogens with zero attached hydrogens (tertiary/aromatic N) is 2. The third-order valence-corrected chi connectivity index (χ3v) is 6.56. The van der Waals surface area contributed by atoms with Gasteiger partial charge in [0.15, 0.2) is 29.5 Å². The van der Waals surface area contributed by atoms with Crippen LogP contribution < -0.4 is 42.9 Å². The number of carbonyl (C=O) groups is 2. The van der Waals surface area contributed by atoms with Gasteiger partial charge >= 0.3 is 11.9 Å². The lowest BCUT2D eigenvalue weighted by Gasteiger charge is -2.47. The van der Waals surface area contributed by atoms with Gasteiger partial charge in [0.05, 0.1) is 27.8 Å². The van der Waals surface area contributed by atoms with Crippen molar-refractivity contribution in [1.82, 2.24) is 0 Å². The van der Waals surface area contributed by atoms with E-state index in [1.165, 1.54) is 21.0 Å². The Labute approximate surface area is 216 Å². The standard InChI is InChI=1S/C25H27N2O6.HI/c1-14(28)32-21-12-17-10-19-23-16(6-8-27(19,3)9-7-26)11-22(33-15(2)29)25(31-5)24(23)18(17)13-20(21)30-4;/h11-13,19H,6,8-10H2,1-5H3;1H/q+1;/p-1/t19-,27?;/m0./s1. The Bertz CT molecular complexity index is 1210. The van der Waals surface area contributed by atoms with Gasteiger partial charge in [-0.05, 0) is 34.9 Å². The topological polar surface area (TPSA) is 94.8 Å². The van der Waals surface area contributed by atoms with Gasteiger partial charge in [0.2, 0.25) is 0 Å². The normalized spacial score (nSPS) is 19.5. The molecule has 0 spiro atoms. The Morgan fingerprint density at radius 1 is 1.03 bits per heavy atom. The van der Waals surface area contributed by atoms with Crippen LogP contribution in [0.25, 0.3) is 11.1 Å². The number of ether oxygens (including phenoxy) is 4. The fourth-order valence-electron chi connectivity index (χ4n) is 5.12. The number of hydrogen-bond donors (Lipinski definition) is 0. The summed E-state index contributed by atoms with van der Waals surface area (Å²) in [6.45, 7) is 3.84. The third kappa shape index (κ3) is 4.32. The van der Waals surface area contributed by atoms with Gasteiger partial charge in [-0.3, -0.25) is 9.59 Å². The molecule has 0 saturated heterocycles. The van der Waals surface area contributed by atoms with Crippen molar-refractivity contribution in [3.05, 3.63) is 34.9 Å². The van der Waals surface area contributed by atoms with Crippen LogP contribution in [-0.2, 0) is 22.4 Å². The highest BCUT2D eigenvalue weighted by Crippen LogP contribution is 2.55. The van der Waals surface area contributed by atoms with Crippen molar-refractivity contribution in [3.63, 3.8) is 0 Å². The second kappa shape index (κ2) is 9.80. The number of fused-ring (bicyclic) bond motifs is 2. The number of rotatable bonds is 5. The molecular formula is C25H27IN2O6. The summed E-state index contributed by atoms with van der Waals surface area (Å²) in [4.78, 5) is 23.5. The van der Waals surface area contributed by atoms with Crippen LogP contribution in [0.2, 0.25) is 0 Å². The lowest BCUT2D eigenvalue weighted by atomic mass is 9.75. The fraction of sp³-hybridized carbons (Fsp3) is 0.400. The molecule has 0 fully saturated rings. The van der Waals surface area contributed by atoms with Crippen LogP contribution in [0.5, 0.6) is 23.0 Å². The molecule has 9 heteroatoms. The molecule has 180 valence electrons. The molecule has 0 N–H and O–H groups in total. The van der Waals surface area contributed by atoms with Gasteiger partial charge in [0.1, 0.15) is 12.1 Å². The zero-order chi connectivity index (χ0) is 23.9. The Hall–Kier alpha value is -2.84. The number of methoxy groups -OCH3 is 2. The van der Waals surface area contributed by atoms with E-state index in [1.807, 2.05) is 18.2 Å². The highest BCUT2D eigenvalue weighted by Gasteiger charge is 2.45. The van der Waals surface area contributed by atoms with Crippen molar-refractivity contribution < 1.29 is 57.0 Å². The van der Waals surface area contributed by atoms with E-state index in [-0.39, 0.29) is 30.0 Å². The molecule has 0 bridgehead atoms. The van der Waals surface area contributed by atoms with E-state index in [0.717, 1.165) is 40.8 Å². The van der Waals surface area contributed by atoms with Crippen molar-refractivity contribution in [3.8, 4) is 40.2 Å². The molecule has 0 radical (unpaired) electrons. The Balaban J connectivity index is 0.00000324. The van der Waals surface area contributed by atoms with Crippen molar-refractivity contribution in [2.45, 2.75) is 32.7 Å². The minimum absolute atomic E-state index is 0. The monoisotopic (exact) mass is 578 g/mol. The Morgan fingerprint density at radius 3 is 2.26 bits per heavy atom. The summed E-state index contributed by atoms with van der Waals surface area (Å²) in [7, 11) is 5.16. The van der Waals surface area contributed by atoms with Crippen LogP contribution in [0.1, 0.15) is 36.6 Å². The maximum atomic E-state index is 11.8. The highest BCUT2D eigenvalue weighted by atomic mass is 127. The number of hydrogen-bond acceptors (Lipinski definition) is 7. The van der Waals surface area contributed by atoms with Crippen molar-refractivity contribution in [2.24, 2.45) is 0 Å². The number of quaternary nitrogens is 1. The molecule has 1 unspecified atom stereocenters. The SMILES string of the molecule is COc1cc2c(cc1OC(C)=O)C[C@H]1c3c(cc(OC(C)=O)c(OC)c3-2)CC[N+]1(C)CC#N.[I-]. The van der Waals surface area contributed by atoms with Crippen molar-refractivity contribution >= 4 is 11.9 Å². The number of carbonyl (C=O) groups excluding carboxylic acids is 2. The summed E-state index contributed by atoms with van der Waals surface area (Å²) >= 11 is 0. The zero-order valence-corrected chi connectivity index (χ0v) is 22.0. The third-order valence-electron chi connectivity index (χ3n) is 6.56. The minimum atomic E-state index is -0.441. The second-order valence-corrected chi connectivity index (χ2v) is 8.69. The molecule has 2 aromatic rings. The van der Waals surface area contributed by atoms with Crippen LogP contribution in [0, 0.1) is 11.3 Å². The predicted molar refractivity (Wildman–Crippen MR) is 119 cm³/mol. The first-order valence-electron chi connectivity index (χ1n) is 10.8. The van der Waals surface area contributed by atoms with Crippen molar-refractivity contribution in [1.29, 1.82) is 5.26 Å². The molecule has 2 aliphatic rings. The Morgan fingerprint density at radius 2 is 1.68 bits per heavy atom. The van der Waals surface area contributed by atoms with E-state index in [9.17, 15) is 14.9 Å². The minimum Gasteiger partial charge on any atom is -1.00 e.